The first-order valence-corrected chi connectivity index (χ1v) is 10.2. The Morgan fingerprint density at radius 2 is 1.90 bits per heavy atom. The molecule has 0 unspecified atom stereocenters. The molecule has 0 spiro atoms. The number of amides is 1. The van der Waals surface area contributed by atoms with Gasteiger partial charge in [-0.05, 0) is 30.9 Å². The molecule has 1 aliphatic heterocycles. The monoisotopic (exact) mass is 345 g/mol. The third kappa shape index (κ3) is 4.86. The Morgan fingerprint density at radius 1 is 1.24 bits per heavy atom. The molecule has 0 aliphatic carbocycles. The van der Waals surface area contributed by atoms with E-state index in [-0.39, 0.29) is 11.2 Å². The first kappa shape index (κ1) is 17.1. The molecular formula is C14H23N3OS3. The molecule has 2 heterocycles. The molecule has 0 saturated carbocycles. The van der Waals surface area contributed by atoms with Crippen molar-refractivity contribution in [3.05, 3.63) is 0 Å². The number of thioether (sulfide) groups is 2. The second kappa shape index (κ2) is 8.39. The number of nitrogens with zero attached hydrogens (tertiary/aromatic N) is 3. The number of aromatic nitrogens is 2. The smallest absolute Gasteiger partial charge is 0.236 e. The number of rotatable bonds is 6. The summed E-state index contributed by atoms with van der Waals surface area (Å²) >= 11 is 4.89. The van der Waals surface area contributed by atoms with Crippen LogP contribution < -0.4 is 0 Å². The lowest BCUT2D eigenvalue weighted by atomic mass is 10.1. The number of carbonyl (C=O) groups is 1. The number of hydrogen-bond donors (Lipinski definition) is 0. The van der Waals surface area contributed by atoms with Crippen molar-refractivity contribution in [1.29, 1.82) is 0 Å². The number of hydrogen-bond acceptors (Lipinski definition) is 6. The topological polar surface area (TPSA) is 46.1 Å². The van der Waals surface area contributed by atoms with Crippen LogP contribution >= 0.6 is 34.9 Å². The van der Waals surface area contributed by atoms with Crippen molar-refractivity contribution in [2.45, 2.75) is 54.0 Å². The van der Waals surface area contributed by atoms with Gasteiger partial charge in [-0.25, -0.2) is 0 Å². The van der Waals surface area contributed by atoms with Gasteiger partial charge in [-0.3, -0.25) is 4.79 Å². The van der Waals surface area contributed by atoms with Crippen LogP contribution in [0, 0.1) is 5.92 Å². The minimum Gasteiger partial charge on any atom is -0.342 e. The maximum Gasteiger partial charge on any atom is 0.236 e. The van der Waals surface area contributed by atoms with E-state index in [4.69, 9.17) is 0 Å². The predicted molar refractivity (Wildman–Crippen MR) is 91.2 cm³/mol. The van der Waals surface area contributed by atoms with E-state index in [0.717, 1.165) is 40.4 Å². The molecule has 1 saturated heterocycles. The van der Waals surface area contributed by atoms with Crippen molar-refractivity contribution in [2.75, 3.05) is 18.8 Å². The van der Waals surface area contributed by atoms with E-state index in [9.17, 15) is 4.79 Å². The van der Waals surface area contributed by atoms with Crippen LogP contribution in [0.2, 0.25) is 0 Å². The van der Waals surface area contributed by atoms with Crippen molar-refractivity contribution in [1.82, 2.24) is 15.1 Å². The Bertz CT molecular complexity index is 458. The van der Waals surface area contributed by atoms with Gasteiger partial charge in [0.1, 0.15) is 0 Å². The summed E-state index contributed by atoms with van der Waals surface area (Å²) in [5.41, 5.74) is 0. The third-order valence-electron chi connectivity index (χ3n) is 3.40. The number of carbonyl (C=O) groups excluding carboxylic acids is 1. The highest BCUT2D eigenvalue weighted by atomic mass is 32.2. The zero-order valence-electron chi connectivity index (χ0n) is 12.9. The van der Waals surface area contributed by atoms with Crippen LogP contribution in [0.3, 0.4) is 0 Å². The minimum atomic E-state index is -0.0458. The third-order valence-corrected chi connectivity index (χ3v) is 6.96. The molecule has 1 aromatic rings. The van der Waals surface area contributed by atoms with Crippen LogP contribution in [0.15, 0.2) is 8.68 Å². The van der Waals surface area contributed by atoms with E-state index in [2.05, 4.69) is 31.0 Å². The quantitative estimate of drug-likeness (QED) is 0.734. The summed E-state index contributed by atoms with van der Waals surface area (Å²) in [5, 5.41) is 8.35. The first-order chi connectivity index (χ1) is 10.1. The maximum absolute atomic E-state index is 12.7. The average molecular weight is 346 g/mol. The highest BCUT2D eigenvalue weighted by Gasteiger charge is 2.30. The number of likely N-dealkylation sites (tertiary alicyclic amines) is 1. The molecular weight excluding hydrogens is 322 g/mol. The molecule has 0 radical (unpaired) electrons. The Hall–Kier alpha value is -0.270. The summed E-state index contributed by atoms with van der Waals surface area (Å²) < 4.78 is 1.91. The fourth-order valence-electron chi connectivity index (χ4n) is 2.30. The first-order valence-electron chi connectivity index (χ1n) is 7.53. The molecule has 21 heavy (non-hydrogen) atoms. The fraction of sp³-hybridized carbons (Fsp3) is 0.786. The molecule has 1 atom stereocenters. The van der Waals surface area contributed by atoms with Crippen molar-refractivity contribution in [3.63, 3.8) is 0 Å². The SMILES string of the molecule is CCSc1nnc(S[C@H](C(=O)N2CCCCC2)C(C)C)s1. The van der Waals surface area contributed by atoms with Gasteiger partial charge in [-0.2, -0.15) is 0 Å². The Balaban J connectivity index is 2.01. The molecule has 4 nitrogen and oxygen atoms in total. The standard InChI is InChI=1S/C14H23N3OS3/c1-4-19-13-15-16-14(21-13)20-11(10(2)3)12(18)17-8-6-5-7-9-17/h10-11H,4-9H2,1-3H3/t11-/m0/s1. The molecule has 0 aromatic carbocycles. The second-order valence-electron chi connectivity index (χ2n) is 5.44. The molecule has 1 amide bonds. The predicted octanol–water partition coefficient (Wildman–Crippen LogP) is 3.78. The Morgan fingerprint density at radius 3 is 2.52 bits per heavy atom. The fourth-order valence-corrected chi connectivity index (χ4v) is 5.51. The molecule has 118 valence electrons. The van der Waals surface area contributed by atoms with Crippen LogP contribution in [-0.4, -0.2) is 45.1 Å². The van der Waals surface area contributed by atoms with Crippen molar-refractivity contribution < 1.29 is 4.79 Å². The molecule has 1 fully saturated rings. The summed E-state index contributed by atoms with van der Waals surface area (Å²) in [5.74, 6) is 1.57. The van der Waals surface area contributed by atoms with E-state index in [1.165, 1.54) is 6.42 Å². The van der Waals surface area contributed by atoms with E-state index >= 15 is 0 Å². The van der Waals surface area contributed by atoms with Crippen LogP contribution in [0.25, 0.3) is 0 Å². The largest absolute Gasteiger partial charge is 0.342 e. The van der Waals surface area contributed by atoms with E-state index in [1.807, 2.05) is 4.90 Å². The van der Waals surface area contributed by atoms with Gasteiger partial charge >= 0.3 is 0 Å². The average Bonchev–Trinajstić information content (AvgIpc) is 2.92. The van der Waals surface area contributed by atoms with E-state index in [0.29, 0.717) is 5.92 Å². The Kier molecular flexibility index (Phi) is 6.82. The maximum atomic E-state index is 12.7. The van der Waals surface area contributed by atoms with Gasteiger partial charge in [-0.15, -0.1) is 10.2 Å². The van der Waals surface area contributed by atoms with Gasteiger partial charge in [0.2, 0.25) is 5.91 Å². The summed E-state index contributed by atoms with van der Waals surface area (Å²) in [4.78, 5) is 14.8. The van der Waals surface area contributed by atoms with Gasteiger partial charge < -0.3 is 4.90 Å². The highest BCUT2D eigenvalue weighted by Crippen LogP contribution is 2.34. The Labute approximate surface area is 139 Å². The van der Waals surface area contributed by atoms with Crippen LogP contribution in [0.5, 0.6) is 0 Å². The van der Waals surface area contributed by atoms with E-state index < -0.39 is 0 Å². The lowest BCUT2D eigenvalue weighted by molar-refractivity contribution is -0.132. The van der Waals surface area contributed by atoms with Gasteiger partial charge in [0.15, 0.2) is 8.68 Å². The van der Waals surface area contributed by atoms with Crippen molar-refractivity contribution in [2.24, 2.45) is 5.92 Å². The normalized spacial score (nSPS) is 17.2. The summed E-state index contributed by atoms with van der Waals surface area (Å²) in [6.07, 6.45) is 3.52. The lowest BCUT2D eigenvalue weighted by Crippen LogP contribution is -2.42. The van der Waals surface area contributed by atoms with Crippen molar-refractivity contribution >= 4 is 40.8 Å². The molecule has 2 rings (SSSR count). The lowest BCUT2D eigenvalue weighted by Gasteiger charge is -2.31. The highest BCUT2D eigenvalue weighted by molar-refractivity contribution is 8.03. The zero-order valence-corrected chi connectivity index (χ0v) is 15.3. The summed E-state index contributed by atoms with van der Waals surface area (Å²) in [6, 6.07) is 0. The molecule has 0 bridgehead atoms. The minimum absolute atomic E-state index is 0.0458. The molecule has 7 heteroatoms. The van der Waals surface area contributed by atoms with Gasteiger partial charge in [0, 0.05) is 13.1 Å². The van der Waals surface area contributed by atoms with Crippen molar-refractivity contribution in [3.8, 4) is 0 Å². The molecule has 1 aromatic heterocycles. The molecule has 0 N–H and O–H groups in total. The van der Waals surface area contributed by atoms with Crippen LogP contribution in [0.1, 0.15) is 40.0 Å². The van der Waals surface area contributed by atoms with Gasteiger partial charge in [0.25, 0.3) is 0 Å². The zero-order chi connectivity index (χ0) is 15.2. The summed E-state index contributed by atoms with van der Waals surface area (Å²) in [6.45, 7) is 8.16. The van der Waals surface area contributed by atoms with E-state index in [1.54, 1.807) is 34.9 Å². The van der Waals surface area contributed by atoms with Gasteiger partial charge in [0.05, 0.1) is 5.25 Å². The number of piperidine rings is 1. The van der Waals surface area contributed by atoms with Gasteiger partial charge in [-0.1, -0.05) is 55.6 Å². The second-order valence-corrected chi connectivity index (χ2v) is 9.31. The summed E-state index contributed by atoms with van der Waals surface area (Å²) in [7, 11) is 0. The van der Waals surface area contributed by atoms with Crippen LogP contribution in [-0.2, 0) is 4.79 Å². The van der Waals surface area contributed by atoms with Crippen LogP contribution in [0.4, 0.5) is 0 Å². The molecule has 1 aliphatic rings.